The van der Waals surface area contributed by atoms with Crippen LogP contribution in [0.5, 0.6) is 0 Å². The fraction of sp³-hybridized carbons (Fsp3) is 0. The number of amides is 1. The van der Waals surface area contributed by atoms with E-state index in [1.807, 2.05) is 0 Å². The summed E-state index contributed by atoms with van der Waals surface area (Å²) in [4.78, 5) is 10.6. The lowest BCUT2D eigenvalue weighted by Crippen LogP contribution is -2.16. The zero-order valence-corrected chi connectivity index (χ0v) is 6.34. The number of nitrogens with two attached hydrogens (primary N) is 1. The van der Waals surface area contributed by atoms with E-state index in [1.165, 1.54) is 6.07 Å². The zero-order chi connectivity index (χ0) is 10.0. The monoisotopic (exact) mass is 182 g/mol. The van der Waals surface area contributed by atoms with Crippen LogP contribution in [0.2, 0.25) is 0 Å². The smallest absolute Gasteiger partial charge is 0.253 e. The SMILES string of the molecule is N#Cc1c(F)ccc(F)c1C(N)=O. The predicted molar refractivity (Wildman–Crippen MR) is 39.6 cm³/mol. The van der Waals surface area contributed by atoms with Crippen molar-refractivity contribution < 1.29 is 13.6 Å². The first kappa shape index (κ1) is 9.13. The van der Waals surface area contributed by atoms with Crippen LogP contribution < -0.4 is 5.73 Å². The highest BCUT2D eigenvalue weighted by atomic mass is 19.1. The number of carbonyl (C=O) groups excluding carboxylic acids is 1. The first-order valence-electron chi connectivity index (χ1n) is 3.26. The zero-order valence-electron chi connectivity index (χ0n) is 6.34. The Bertz CT molecular complexity index is 409. The van der Waals surface area contributed by atoms with E-state index in [0.717, 1.165) is 12.1 Å². The van der Waals surface area contributed by atoms with Crippen molar-refractivity contribution in [2.24, 2.45) is 5.73 Å². The van der Waals surface area contributed by atoms with Gasteiger partial charge in [0.05, 0.1) is 5.56 Å². The van der Waals surface area contributed by atoms with Crippen molar-refractivity contribution in [1.82, 2.24) is 0 Å². The highest BCUT2D eigenvalue weighted by Gasteiger charge is 2.17. The highest BCUT2D eigenvalue weighted by molar-refractivity contribution is 5.95. The van der Waals surface area contributed by atoms with Crippen LogP contribution in [0.25, 0.3) is 0 Å². The Labute approximate surface area is 72.4 Å². The summed E-state index contributed by atoms with van der Waals surface area (Å²) in [6.07, 6.45) is 0. The van der Waals surface area contributed by atoms with Gasteiger partial charge in [-0.3, -0.25) is 4.79 Å². The second-order valence-electron chi connectivity index (χ2n) is 2.26. The number of nitrogens with zero attached hydrogens (tertiary/aromatic N) is 1. The minimum Gasteiger partial charge on any atom is -0.365 e. The van der Waals surface area contributed by atoms with Gasteiger partial charge >= 0.3 is 0 Å². The van der Waals surface area contributed by atoms with E-state index >= 15 is 0 Å². The van der Waals surface area contributed by atoms with Crippen molar-refractivity contribution in [1.29, 1.82) is 5.26 Å². The van der Waals surface area contributed by atoms with Gasteiger partial charge in [0.1, 0.15) is 23.3 Å². The van der Waals surface area contributed by atoms with Gasteiger partial charge in [-0.15, -0.1) is 0 Å². The third-order valence-corrected chi connectivity index (χ3v) is 1.46. The number of carbonyl (C=O) groups is 1. The number of benzene rings is 1. The maximum Gasteiger partial charge on any atom is 0.253 e. The summed E-state index contributed by atoms with van der Waals surface area (Å²) in [5.74, 6) is -3.11. The van der Waals surface area contributed by atoms with E-state index in [-0.39, 0.29) is 0 Å². The molecule has 5 heteroatoms. The summed E-state index contributed by atoms with van der Waals surface area (Å²) in [6.45, 7) is 0. The standard InChI is InChI=1S/C8H4F2N2O/c9-5-1-2-6(10)7(8(12)13)4(5)3-11/h1-2H,(H2,12,13). The normalized spacial score (nSPS) is 9.31. The Morgan fingerprint density at radius 3 is 2.31 bits per heavy atom. The van der Waals surface area contributed by atoms with Gasteiger partial charge in [-0.1, -0.05) is 0 Å². The molecule has 0 fully saturated rings. The van der Waals surface area contributed by atoms with Gasteiger partial charge in [0.15, 0.2) is 0 Å². The van der Waals surface area contributed by atoms with Crippen molar-refractivity contribution in [2.45, 2.75) is 0 Å². The van der Waals surface area contributed by atoms with Gasteiger partial charge < -0.3 is 5.73 Å². The molecule has 1 aromatic rings. The van der Waals surface area contributed by atoms with Crippen LogP contribution in [-0.4, -0.2) is 5.91 Å². The lowest BCUT2D eigenvalue weighted by Gasteiger charge is -2.00. The molecular weight excluding hydrogens is 178 g/mol. The number of hydrogen-bond acceptors (Lipinski definition) is 2. The van der Waals surface area contributed by atoms with E-state index in [1.54, 1.807) is 0 Å². The lowest BCUT2D eigenvalue weighted by atomic mass is 10.1. The minimum absolute atomic E-state index is 0.660. The molecule has 1 rings (SSSR count). The van der Waals surface area contributed by atoms with Crippen molar-refractivity contribution in [3.05, 3.63) is 34.9 Å². The third-order valence-electron chi connectivity index (χ3n) is 1.46. The molecule has 0 atom stereocenters. The summed E-state index contributed by atoms with van der Waals surface area (Å²) >= 11 is 0. The molecule has 0 saturated carbocycles. The van der Waals surface area contributed by atoms with Crippen LogP contribution in [0.3, 0.4) is 0 Å². The molecule has 0 saturated heterocycles. The minimum atomic E-state index is -1.16. The van der Waals surface area contributed by atoms with E-state index < -0.39 is 28.7 Å². The van der Waals surface area contributed by atoms with Crippen molar-refractivity contribution >= 4 is 5.91 Å². The van der Waals surface area contributed by atoms with Gasteiger partial charge in [-0.25, -0.2) is 8.78 Å². The van der Waals surface area contributed by atoms with E-state index in [2.05, 4.69) is 0 Å². The fourth-order valence-electron chi connectivity index (χ4n) is 0.902. The quantitative estimate of drug-likeness (QED) is 0.702. The molecule has 1 amide bonds. The molecule has 0 spiro atoms. The Morgan fingerprint density at radius 2 is 1.92 bits per heavy atom. The van der Waals surface area contributed by atoms with Crippen LogP contribution in [0.15, 0.2) is 12.1 Å². The number of halogens is 2. The molecule has 0 aromatic heterocycles. The molecule has 0 radical (unpaired) electrons. The number of hydrogen-bond donors (Lipinski definition) is 1. The van der Waals surface area contributed by atoms with E-state index in [0.29, 0.717) is 0 Å². The first-order valence-corrected chi connectivity index (χ1v) is 3.26. The first-order chi connectivity index (χ1) is 6.07. The average molecular weight is 182 g/mol. The molecule has 13 heavy (non-hydrogen) atoms. The van der Waals surface area contributed by atoms with Gasteiger partial charge in [0.2, 0.25) is 0 Å². The maximum absolute atomic E-state index is 12.8. The molecule has 0 unspecified atom stereocenters. The van der Waals surface area contributed by atoms with Crippen molar-refractivity contribution in [2.75, 3.05) is 0 Å². The van der Waals surface area contributed by atoms with Crippen LogP contribution in [0.4, 0.5) is 8.78 Å². The number of nitriles is 1. The predicted octanol–water partition coefficient (Wildman–Crippen LogP) is 0.935. The molecule has 66 valence electrons. The summed E-state index contributed by atoms with van der Waals surface area (Å²) < 4.78 is 25.6. The summed E-state index contributed by atoms with van der Waals surface area (Å²) in [5, 5.41) is 8.41. The molecular formula is C8H4F2N2O. The number of rotatable bonds is 1. The molecule has 0 heterocycles. The van der Waals surface area contributed by atoms with E-state index in [4.69, 9.17) is 11.0 Å². The molecule has 0 aliphatic heterocycles. The van der Waals surface area contributed by atoms with Crippen LogP contribution in [-0.2, 0) is 0 Å². The molecule has 0 aliphatic carbocycles. The van der Waals surface area contributed by atoms with Crippen LogP contribution >= 0.6 is 0 Å². The summed E-state index contributed by atoms with van der Waals surface area (Å²) in [7, 11) is 0. The van der Waals surface area contributed by atoms with Crippen LogP contribution in [0, 0.1) is 23.0 Å². The van der Waals surface area contributed by atoms with Gasteiger partial charge in [0.25, 0.3) is 5.91 Å². The Balaban J connectivity index is 3.55. The number of primary amides is 1. The fourth-order valence-corrected chi connectivity index (χ4v) is 0.902. The van der Waals surface area contributed by atoms with Crippen molar-refractivity contribution in [3.63, 3.8) is 0 Å². The Hall–Kier alpha value is -1.96. The average Bonchev–Trinajstić information content (AvgIpc) is 2.07. The Morgan fingerprint density at radius 1 is 1.38 bits per heavy atom. The third kappa shape index (κ3) is 1.47. The van der Waals surface area contributed by atoms with Gasteiger partial charge in [-0.2, -0.15) is 5.26 Å². The molecule has 0 bridgehead atoms. The Kier molecular flexibility index (Phi) is 2.24. The molecule has 3 nitrogen and oxygen atoms in total. The molecule has 2 N–H and O–H groups in total. The van der Waals surface area contributed by atoms with E-state index in [9.17, 15) is 13.6 Å². The summed E-state index contributed by atoms with van der Waals surface area (Å²) in [6, 6.07) is 2.88. The second kappa shape index (κ2) is 3.19. The molecule has 1 aromatic carbocycles. The highest BCUT2D eigenvalue weighted by Crippen LogP contribution is 2.15. The van der Waals surface area contributed by atoms with Gasteiger partial charge in [-0.05, 0) is 12.1 Å². The van der Waals surface area contributed by atoms with Crippen LogP contribution in [0.1, 0.15) is 15.9 Å². The second-order valence-corrected chi connectivity index (χ2v) is 2.26. The maximum atomic E-state index is 12.8. The van der Waals surface area contributed by atoms with Gasteiger partial charge in [0, 0.05) is 0 Å². The summed E-state index contributed by atoms with van der Waals surface area (Å²) in [5.41, 5.74) is 3.40. The van der Waals surface area contributed by atoms with Crippen molar-refractivity contribution in [3.8, 4) is 6.07 Å². The topological polar surface area (TPSA) is 66.9 Å². The molecule has 0 aliphatic rings. The largest absolute Gasteiger partial charge is 0.365 e. The lowest BCUT2D eigenvalue weighted by molar-refractivity contribution is 0.0995.